The number of carbonyl (C=O) groups excluding carboxylic acids is 2. The zero-order valence-corrected chi connectivity index (χ0v) is 19.2. The second kappa shape index (κ2) is 9.97. The molecule has 0 aromatic heterocycles. The fraction of sp³-hybridized carbons (Fsp3) is 0.222. The lowest BCUT2D eigenvalue weighted by Crippen LogP contribution is -2.47. The summed E-state index contributed by atoms with van der Waals surface area (Å²) < 4.78 is 19.5. The minimum absolute atomic E-state index is 0.0810. The zero-order valence-electron chi connectivity index (χ0n) is 19.2. The van der Waals surface area contributed by atoms with E-state index < -0.39 is 35.4 Å². The van der Waals surface area contributed by atoms with E-state index in [1.54, 1.807) is 13.8 Å². The molecule has 1 atom stereocenters. The van der Waals surface area contributed by atoms with Crippen LogP contribution in [-0.4, -0.2) is 35.7 Å². The number of fused-ring (bicyclic) bond motifs is 3. The molecule has 0 heterocycles. The summed E-state index contributed by atoms with van der Waals surface area (Å²) in [5.74, 6) is -3.36. The third-order valence-corrected chi connectivity index (χ3v) is 6.03. The maximum atomic E-state index is 14.0. The normalized spacial score (nSPS) is 13.0. The number of anilines is 1. The molecule has 0 saturated heterocycles. The minimum Gasteiger partial charge on any atom is -0.478 e. The van der Waals surface area contributed by atoms with Gasteiger partial charge >= 0.3 is 12.1 Å². The molecule has 0 aliphatic heterocycles. The second-order valence-corrected chi connectivity index (χ2v) is 8.68. The summed E-state index contributed by atoms with van der Waals surface area (Å²) in [4.78, 5) is 36.4. The summed E-state index contributed by atoms with van der Waals surface area (Å²) in [5.41, 5.74) is 3.95. The lowest BCUT2D eigenvalue weighted by atomic mass is 9.98. The van der Waals surface area contributed by atoms with E-state index in [0.717, 1.165) is 34.4 Å². The summed E-state index contributed by atoms with van der Waals surface area (Å²) in [5, 5.41) is 14.1. The maximum absolute atomic E-state index is 14.0. The van der Waals surface area contributed by atoms with Crippen LogP contribution in [0.4, 0.5) is 14.9 Å². The van der Waals surface area contributed by atoms with Gasteiger partial charge in [-0.05, 0) is 46.4 Å². The largest absolute Gasteiger partial charge is 0.478 e. The predicted octanol–water partition coefficient (Wildman–Crippen LogP) is 5.03. The predicted molar refractivity (Wildman–Crippen MR) is 129 cm³/mol. The molecule has 180 valence electrons. The topological polar surface area (TPSA) is 105 Å². The van der Waals surface area contributed by atoms with Gasteiger partial charge in [0.05, 0.1) is 5.56 Å². The summed E-state index contributed by atoms with van der Waals surface area (Å²) in [6.45, 7) is 3.61. The number of hydrogen-bond acceptors (Lipinski definition) is 4. The third kappa shape index (κ3) is 5.01. The standard InChI is InChI=1S/C27H25FN2O5/c1-15(2)24(25(31)29-16-11-12-21(26(32)33)23(28)13-16)30-27(34)35-14-22-19-9-5-3-7-17(19)18-8-4-6-10-20(18)22/h3-13,15,22,24H,14H2,1-2H3,(H,29,31)(H,30,34)(H,32,33). The molecule has 0 saturated carbocycles. The molecule has 2 amide bonds. The van der Waals surface area contributed by atoms with Crippen LogP contribution in [0.15, 0.2) is 66.7 Å². The smallest absolute Gasteiger partial charge is 0.407 e. The van der Waals surface area contributed by atoms with Crippen LogP contribution in [-0.2, 0) is 9.53 Å². The number of ether oxygens (including phenoxy) is 1. The number of amides is 2. The van der Waals surface area contributed by atoms with Gasteiger partial charge in [-0.25, -0.2) is 14.0 Å². The molecule has 0 bridgehead atoms. The molecule has 1 unspecified atom stereocenters. The highest BCUT2D eigenvalue weighted by atomic mass is 19.1. The SMILES string of the molecule is CC(C)C(NC(=O)OCC1c2ccccc2-c2ccccc21)C(=O)Nc1ccc(C(=O)O)c(F)c1. The third-order valence-electron chi connectivity index (χ3n) is 6.03. The first-order chi connectivity index (χ1) is 16.8. The average molecular weight is 477 g/mol. The van der Waals surface area contributed by atoms with Crippen molar-refractivity contribution in [1.29, 1.82) is 0 Å². The van der Waals surface area contributed by atoms with Gasteiger partial charge in [-0.15, -0.1) is 0 Å². The lowest BCUT2D eigenvalue weighted by Gasteiger charge is -2.22. The molecule has 8 heteroatoms. The molecule has 0 spiro atoms. The Morgan fingerprint density at radius 1 is 0.971 bits per heavy atom. The van der Waals surface area contributed by atoms with Gasteiger partial charge < -0.3 is 20.5 Å². The summed E-state index contributed by atoms with van der Waals surface area (Å²) in [6.07, 6.45) is -0.742. The quantitative estimate of drug-likeness (QED) is 0.444. The molecule has 0 radical (unpaired) electrons. The number of carboxylic acids is 1. The Hall–Kier alpha value is -4.20. The minimum atomic E-state index is -1.41. The molecule has 7 nitrogen and oxygen atoms in total. The maximum Gasteiger partial charge on any atom is 0.407 e. The highest BCUT2D eigenvalue weighted by Gasteiger charge is 2.30. The Kier molecular flexibility index (Phi) is 6.82. The van der Waals surface area contributed by atoms with E-state index in [1.165, 1.54) is 6.07 Å². The number of carbonyl (C=O) groups is 3. The fourth-order valence-corrected chi connectivity index (χ4v) is 4.29. The first kappa shape index (κ1) is 23.9. The second-order valence-electron chi connectivity index (χ2n) is 8.68. The van der Waals surface area contributed by atoms with Crippen LogP contribution in [0, 0.1) is 11.7 Å². The van der Waals surface area contributed by atoms with Crippen LogP contribution in [0.1, 0.15) is 41.3 Å². The number of nitrogens with one attached hydrogen (secondary N) is 2. The van der Waals surface area contributed by atoms with Crippen molar-refractivity contribution in [3.63, 3.8) is 0 Å². The molecule has 1 aliphatic carbocycles. The number of halogens is 1. The number of hydrogen-bond donors (Lipinski definition) is 3. The number of aromatic carboxylic acids is 1. The van der Waals surface area contributed by atoms with Crippen molar-refractivity contribution in [3.05, 3.63) is 89.2 Å². The fourth-order valence-electron chi connectivity index (χ4n) is 4.29. The van der Waals surface area contributed by atoms with Gasteiger partial charge in [-0.3, -0.25) is 4.79 Å². The molecule has 3 N–H and O–H groups in total. The van der Waals surface area contributed by atoms with Gasteiger partial charge in [0.2, 0.25) is 5.91 Å². The van der Waals surface area contributed by atoms with E-state index in [2.05, 4.69) is 10.6 Å². The number of rotatable bonds is 7. The Morgan fingerprint density at radius 2 is 1.57 bits per heavy atom. The van der Waals surface area contributed by atoms with Crippen molar-refractivity contribution < 1.29 is 28.6 Å². The molecule has 1 aliphatic rings. The van der Waals surface area contributed by atoms with Crippen molar-refractivity contribution in [3.8, 4) is 11.1 Å². The van der Waals surface area contributed by atoms with E-state index in [-0.39, 0.29) is 24.1 Å². The monoisotopic (exact) mass is 476 g/mol. The van der Waals surface area contributed by atoms with E-state index in [1.807, 2.05) is 48.5 Å². The van der Waals surface area contributed by atoms with Crippen molar-refractivity contribution in [2.45, 2.75) is 25.8 Å². The first-order valence-electron chi connectivity index (χ1n) is 11.2. The van der Waals surface area contributed by atoms with Crippen molar-refractivity contribution in [2.24, 2.45) is 5.92 Å². The van der Waals surface area contributed by atoms with E-state index in [4.69, 9.17) is 9.84 Å². The van der Waals surface area contributed by atoms with Gasteiger partial charge in [0.15, 0.2) is 0 Å². The molecule has 3 aromatic rings. The van der Waals surface area contributed by atoms with Crippen LogP contribution in [0.3, 0.4) is 0 Å². The van der Waals surface area contributed by atoms with Gasteiger partial charge in [0.25, 0.3) is 0 Å². The Morgan fingerprint density at radius 3 is 2.11 bits per heavy atom. The summed E-state index contributed by atoms with van der Waals surface area (Å²) >= 11 is 0. The first-order valence-corrected chi connectivity index (χ1v) is 11.2. The average Bonchev–Trinajstić information content (AvgIpc) is 3.14. The van der Waals surface area contributed by atoms with Gasteiger partial charge in [0, 0.05) is 11.6 Å². The van der Waals surface area contributed by atoms with Gasteiger partial charge in [0.1, 0.15) is 18.5 Å². The van der Waals surface area contributed by atoms with Crippen LogP contribution in [0.5, 0.6) is 0 Å². The van der Waals surface area contributed by atoms with Gasteiger partial charge in [-0.1, -0.05) is 62.4 Å². The molecular formula is C27H25FN2O5. The Bertz CT molecular complexity index is 1240. The molecule has 35 heavy (non-hydrogen) atoms. The van der Waals surface area contributed by atoms with Crippen molar-refractivity contribution >= 4 is 23.7 Å². The van der Waals surface area contributed by atoms with E-state index in [0.29, 0.717) is 0 Å². The van der Waals surface area contributed by atoms with E-state index in [9.17, 15) is 18.8 Å². The molecular weight excluding hydrogens is 451 g/mol. The highest BCUT2D eigenvalue weighted by Crippen LogP contribution is 2.44. The summed E-state index contributed by atoms with van der Waals surface area (Å²) in [6, 6.07) is 18.3. The molecule has 3 aromatic carbocycles. The van der Waals surface area contributed by atoms with Crippen molar-refractivity contribution in [1.82, 2.24) is 5.32 Å². The lowest BCUT2D eigenvalue weighted by molar-refractivity contribution is -0.119. The van der Waals surface area contributed by atoms with Crippen LogP contribution in [0.25, 0.3) is 11.1 Å². The van der Waals surface area contributed by atoms with E-state index >= 15 is 0 Å². The molecule has 4 rings (SSSR count). The Balaban J connectivity index is 1.41. The number of carboxylic acid groups (broad SMARTS) is 1. The van der Waals surface area contributed by atoms with Crippen LogP contribution >= 0.6 is 0 Å². The zero-order chi connectivity index (χ0) is 25.1. The number of alkyl carbamates (subject to hydrolysis) is 1. The number of benzene rings is 3. The van der Waals surface area contributed by atoms with Crippen LogP contribution < -0.4 is 10.6 Å². The molecule has 0 fully saturated rings. The van der Waals surface area contributed by atoms with Crippen molar-refractivity contribution in [2.75, 3.05) is 11.9 Å². The Labute approximate surface area is 201 Å². The highest BCUT2D eigenvalue weighted by molar-refractivity contribution is 5.97. The summed E-state index contributed by atoms with van der Waals surface area (Å²) in [7, 11) is 0. The van der Waals surface area contributed by atoms with Gasteiger partial charge in [-0.2, -0.15) is 0 Å². The van der Waals surface area contributed by atoms with Crippen LogP contribution in [0.2, 0.25) is 0 Å².